The lowest BCUT2D eigenvalue weighted by atomic mass is 9.94. The number of ether oxygens (including phenoxy) is 2. The van der Waals surface area contributed by atoms with E-state index in [0.717, 1.165) is 40.3 Å². The smallest absolute Gasteiger partial charge is 0.416 e. The van der Waals surface area contributed by atoms with E-state index in [-0.39, 0.29) is 16.3 Å². The molecule has 0 fully saturated rings. The zero-order valence-corrected chi connectivity index (χ0v) is 19.8. The van der Waals surface area contributed by atoms with Crippen molar-refractivity contribution in [3.05, 3.63) is 88.4 Å². The fourth-order valence-electron chi connectivity index (χ4n) is 3.78. The van der Waals surface area contributed by atoms with E-state index in [2.05, 4.69) is 5.32 Å². The van der Waals surface area contributed by atoms with Gasteiger partial charge < -0.3 is 14.8 Å². The molecule has 0 spiro atoms. The zero-order valence-electron chi connectivity index (χ0n) is 19.1. The molecular formula is C27H21ClF3NO3. The Balaban J connectivity index is 1.85. The average molecular weight is 500 g/mol. The standard InChI is InChI=1S/C27H21ClF3NO3/c1-15-4-6-16(7-5-15)20-11-18(10-17-12-24(34-2)25(35-3)14-21(17)20)26(33)32-23-13-19(27(29,30)31)8-9-22(23)28/h4-14H,1-3H3,(H,32,33). The summed E-state index contributed by atoms with van der Waals surface area (Å²) in [7, 11) is 3.05. The van der Waals surface area contributed by atoms with Crippen LogP contribution in [0.3, 0.4) is 0 Å². The van der Waals surface area contributed by atoms with Crippen molar-refractivity contribution in [3.63, 3.8) is 0 Å². The van der Waals surface area contributed by atoms with Gasteiger partial charge in [-0.25, -0.2) is 0 Å². The molecule has 0 atom stereocenters. The molecule has 1 amide bonds. The highest BCUT2D eigenvalue weighted by molar-refractivity contribution is 6.34. The van der Waals surface area contributed by atoms with Gasteiger partial charge in [-0.15, -0.1) is 0 Å². The SMILES string of the molecule is COc1cc2cc(C(=O)Nc3cc(C(F)(F)F)ccc3Cl)cc(-c3ccc(C)cc3)c2cc1OC. The van der Waals surface area contributed by atoms with Crippen molar-refractivity contribution >= 4 is 34.0 Å². The Bertz CT molecular complexity index is 1420. The Hall–Kier alpha value is -3.71. The third-order valence-electron chi connectivity index (χ3n) is 5.62. The number of carbonyl (C=O) groups is 1. The van der Waals surface area contributed by atoms with Gasteiger partial charge in [0.1, 0.15) is 0 Å². The molecule has 35 heavy (non-hydrogen) atoms. The Kier molecular flexibility index (Phi) is 6.63. The van der Waals surface area contributed by atoms with E-state index in [9.17, 15) is 18.0 Å². The summed E-state index contributed by atoms with van der Waals surface area (Å²) in [4.78, 5) is 13.2. The average Bonchev–Trinajstić information content (AvgIpc) is 2.83. The molecule has 0 bridgehead atoms. The van der Waals surface area contributed by atoms with Gasteiger partial charge in [0, 0.05) is 5.56 Å². The second-order valence-corrected chi connectivity index (χ2v) is 8.37. The molecule has 0 radical (unpaired) electrons. The summed E-state index contributed by atoms with van der Waals surface area (Å²) in [5.41, 5.74) is 1.89. The number of fused-ring (bicyclic) bond motifs is 1. The Labute approximate surface area is 205 Å². The Morgan fingerprint density at radius 3 is 2.17 bits per heavy atom. The van der Waals surface area contributed by atoms with Crippen LogP contribution in [0.2, 0.25) is 5.02 Å². The first-order valence-corrected chi connectivity index (χ1v) is 10.9. The normalized spacial score (nSPS) is 11.4. The van der Waals surface area contributed by atoms with Crippen LogP contribution in [0.5, 0.6) is 11.5 Å². The highest BCUT2D eigenvalue weighted by Gasteiger charge is 2.31. The first-order valence-electron chi connectivity index (χ1n) is 10.6. The van der Waals surface area contributed by atoms with E-state index < -0.39 is 17.6 Å². The molecule has 1 N–H and O–H groups in total. The van der Waals surface area contributed by atoms with Crippen molar-refractivity contribution in [1.82, 2.24) is 0 Å². The molecule has 8 heteroatoms. The molecule has 0 aliphatic carbocycles. The number of methoxy groups -OCH3 is 2. The first-order chi connectivity index (χ1) is 16.6. The minimum Gasteiger partial charge on any atom is -0.493 e. The second-order valence-electron chi connectivity index (χ2n) is 7.96. The van der Waals surface area contributed by atoms with E-state index in [0.29, 0.717) is 16.9 Å². The van der Waals surface area contributed by atoms with Crippen LogP contribution in [0.15, 0.2) is 66.7 Å². The van der Waals surface area contributed by atoms with Gasteiger partial charge in [-0.05, 0) is 71.3 Å². The molecule has 0 aliphatic heterocycles. The number of rotatable bonds is 5. The number of anilines is 1. The predicted octanol–water partition coefficient (Wildman–Crippen LogP) is 7.76. The minimum absolute atomic E-state index is 0.00250. The van der Waals surface area contributed by atoms with Gasteiger partial charge >= 0.3 is 6.18 Å². The van der Waals surface area contributed by atoms with Gasteiger partial charge in [-0.3, -0.25) is 4.79 Å². The topological polar surface area (TPSA) is 47.6 Å². The maximum Gasteiger partial charge on any atom is 0.416 e. The van der Waals surface area contributed by atoms with Crippen molar-refractivity contribution < 1.29 is 27.4 Å². The zero-order chi connectivity index (χ0) is 25.3. The fraction of sp³-hybridized carbons (Fsp3) is 0.148. The minimum atomic E-state index is -4.57. The van der Waals surface area contributed by atoms with Crippen molar-refractivity contribution in [2.45, 2.75) is 13.1 Å². The highest BCUT2D eigenvalue weighted by Crippen LogP contribution is 2.39. The fourth-order valence-corrected chi connectivity index (χ4v) is 3.95. The van der Waals surface area contributed by atoms with Crippen molar-refractivity contribution in [2.75, 3.05) is 19.5 Å². The lowest BCUT2D eigenvalue weighted by Crippen LogP contribution is -2.14. The molecule has 4 rings (SSSR count). The molecule has 0 saturated carbocycles. The summed E-state index contributed by atoms with van der Waals surface area (Å²) >= 11 is 6.08. The van der Waals surface area contributed by atoms with Crippen LogP contribution in [-0.4, -0.2) is 20.1 Å². The summed E-state index contributed by atoms with van der Waals surface area (Å²) < 4.78 is 50.3. The van der Waals surface area contributed by atoms with E-state index in [1.807, 2.05) is 37.3 Å². The molecule has 0 saturated heterocycles. The number of hydrogen-bond acceptors (Lipinski definition) is 3. The lowest BCUT2D eigenvalue weighted by molar-refractivity contribution is -0.137. The van der Waals surface area contributed by atoms with Crippen LogP contribution >= 0.6 is 11.6 Å². The van der Waals surface area contributed by atoms with E-state index >= 15 is 0 Å². The van der Waals surface area contributed by atoms with Gasteiger partial charge in [0.05, 0.1) is 30.5 Å². The number of benzene rings is 4. The molecule has 4 nitrogen and oxygen atoms in total. The molecule has 0 unspecified atom stereocenters. The van der Waals surface area contributed by atoms with Gasteiger partial charge in [0.15, 0.2) is 11.5 Å². The molecule has 0 heterocycles. The van der Waals surface area contributed by atoms with Crippen LogP contribution in [0.25, 0.3) is 21.9 Å². The molecule has 0 aliphatic rings. The van der Waals surface area contributed by atoms with Crippen molar-refractivity contribution in [3.8, 4) is 22.6 Å². The Morgan fingerprint density at radius 2 is 1.54 bits per heavy atom. The molecule has 4 aromatic rings. The third-order valence-corrected chi connectivity index (χ3v) is 5.95. The number of alkyl halides is 3. The van der Waals surface area contributed by atoms with Crippen LogP contribution in [0.1, 0.15) is 21.5 Å². The number of aryl methyl sites for hydroxylation is 1. The summed E-state index contributed by atoms with van der Waals surface area (Å²) in [6.45, 7) is 1.97. The monoisotopic (exact) mass is 499 g/mol. The summed E-state index contributed by atoms with van der Waals surface area (Å²) in [5.74, 6) is 0.408. The number of halogens is 4. The largest absolute Gasteiger partial charge is 0.493 e. The van der Waals surface area contributed by atoms with Crippen molar-refractivity contribution in [1.29, 1.82) is 0 Å². The van der Waals surface area contributed by atoms with Crippen LogP contribution in [-0.2, 0) is 6.18 Å². The van der Waals surface area contributed by atoms with Gasteiger partial charge in [-0.2, -0.15) is 13.2 Å². The number of amides is 1. The highest BCUT2D eigenvalue weighted by atomic mass is 35.5. The number of nitrogens with one attached hydrogen (secondary N) is 1. The Morgan fingerprint density at radius 1 is 0.886 bits per heavy atom. The number of hydrogen-bond donors (Lipinski definition) is 1. The molecule has 180 valence electrons. The number of carbonyl (C=O) groups excluding carboxylic acids is 1. The van der Waals surface area contributed by atoms with Crippen molar-refractivity contribution in [2.24, 2.45) is 0 Å². The van der Waals surface area contributed by atoms with Gasteiger partial charge in [-0.1, -0.05) is 41.4 Å². The van der Waals surface area contributed by atoms with Gasteiger partial charge in [0.2, 0.25) is 0 Å². The summed E-state index contributed by atoms with van der Waals surface area (Å²) in [5, 5.41) is 4.03. The summed E-state index contributed by atoms with van der Waals surface area (Å²) in [6, 6.07) is 17.5. The van der Waals surface area contributed by atoms with Gasteiger partial charge in [0.25, 0.3) is 5.91 Å². The van der Waals surface area contributed by atoms with Crippen LogP contribution in [0.4, 0.5) is 18.9 Å². The van der Waals surface area contributed by atoms with E-state index in [1.165, 1.54) is 14.2 Å². The second kappa shape index (κ2) is 9.50. The molecule has 0 aromatic heterocycles. The van der Waals surface area contributed by atoms with E-state index in [1.54, 1.807) is 18.2 Å². The lowest BCUT2D eigenvalue weighted by Gasteiger charge is -2.15. The van der Waals surface area contributed by atoms with E-state index in [4.69, 9.17) is 21.1 Å². The molecular weight excluding hydrogens is 479 g/mol. The predicted molar refractivity (Wildman–Crippen MR) is 132 cm³/mol. The van der Waals surface area contributed by atoms with Crippen LogP contribution < -0.4 is 14.8 Å². The maximum atomic E-state index is 13.2. The maximum absolute atomic E-state index is 13.2. The first kappa shape index (κ1) is 24.4. The quantitative estimate of drug-likeness (QED) is 0.305. The summed E-state index contributed by atoms with van der Waals surface area (Å²) in [6.07, 6.45) is -4.57. The third kappa shape index (κ3) is 5.05. The molecule has 4 aromatic carbocycles. The van der Waals surface area contributed by atoms with Crippen LogP contribution in [0, 0.1) is 6.92 Å².